The quantitative estimate of drug-likeness (QED) is 0.733. The van der Waals surface area contributed by atoms with Crippen molar-refractivity contribution in [3.63, 3.8) is 0 Å². The van der Waals surface area contributed by atoms with Gasteiger partial charge in [-0.15, -0.1) is 23.2 Å². The number of benzene rings is 2. The molecule has 2 aromatic carbocycles. The minimum atomic E-state index is -4.56. The molecule has 0 saturated heterocycles. The fraction of sp³-hybridized carbons (Fsp3) is 0.235. The monoisotopic (exact) mass is 373 g/mol. The van der Waals surface area contributed by atoms with Gasteiger partial charge >= 0.3 is 6.18 Å². The lowest BCUT2D eigenvalue weighted by Gasteiger charge is -2.13. The van der Waals surface area contributed by atoms with E-state index in [1.165, 1.54) is 18.2 Å². The maximum atomic E-state index is 13.0. The average molecular weight is 374 g/mol. The van der Waals surface area contributed by atoms with Crippen molar-refractivity contribution in [1.29, 1.82) is 0 Å². The van der Waals surface area contributed by atoms with E-state index in [0.717, 1.165) is 11.6 Å². The van der Waals surface area contributed by atoms with E-state index in [2.05, 4.69) is 5.32 Å². The normalized spacial score (nSPS) is 22.0. The van der Waals surface area contributed by atoms with Gasteiger partial charge in [-0.1, -0.05) is 42.5 Å². The van der Waals surface area contributed by atoms with E-state index in [0.29, 0.717) is 0 Å². The molecule has 2 atom stereocenters. The predicted molar refractivity (Wildman–Crippen MR) is 87.2 cm³/mol. The van der Waals surface area contributed by atoms with E-state index in [1.54, 1.807) is 24.3 Å². The summed E-state index contributed by atoms with van der Waals surface area (Å²) >= 11 is 12.4. The zero-order valence-corrected chi connectivity index (χ0v) is 13.7. The number of amides is 1. The van der Waals surface area contributed by atoms with Crippen LogP contribution in [0.1, 0.15) is 17.0 Å². The maximum Gasteiger partial charge on any atom is 0.418 e. The van der Waals surface area contributed by atoms with Gasteiger partial charge in [-0.3, -0.25) is 4.79 Å². The van der Waals surface area contributed by atoms with Crippen molar-refractivity contribution in [2.75, 3.05) is 5.32 Å². The highest BCUT2D eigenvalue weighted by atomic mass is 35.5. The van der Waals surface area contributed by atoms with Gasteiger partial charge in [0.1, 0.15) is 4.33 Å². The number of anilines is 1. The highest BCUT2D eigenvalue weighted by Crippen LogP contribution is 2.65. The van der Waals surface area contributed by atoms with Gasteiger partial charge in [-0.05, 0) is 17.7 Å². The number of carbonyl (C=O) groups excluding carboxylic acids is 1. The molecule has 0 radical (unpaired) electrons. The third-order valence-corrected chi connectivity index (χ3v) is 4.93. The molecule has 1 aliphatic carbocycles. The SMILES string of the molecule is O=C(Nc1ccccc1C(F)(F)F)C1C(c2ccccc2)C1(Cl)Cl. The molecule has 1 fully saturated rings. The van der Waals surface area contributed by atoms with Crippen LogP contribution in [0, 0.1) is 5.92 Å². The van der Waals surface area contributed by atoms with Crippen LogP contribution in [0.4, 0.5) is 18.9 Å². The molecule has 24 heavy (non-hydrogen) atoms. The highest BCUT2D eigenvalue weighted by Gasteiger charge is 2.67. The summed E-state index contributed by atoms with van der Waals surface area (Å²) in [5.74, 6) is -1.91. The Morgan fingerprint density at radius 3 is 2.21 bits per heavy atom. The third kappa shape index (κ3) is 3.10. The van der Waals surface area contributed by atoms with Gasteiger partial charge in [0.25, 0.3) is 0 Å². The molecule has 126 valence electrons. The summed E-state index contributed by atoms with van der Waals surface area (Å²) in [6.07, 6.45) is -4.56. The smallest absolute Gasteiger partial charge is 0.325 e. The summed E-state index contributed by atoms with van der Waals surface area (Å²) in [4.78, 5) is 12.4. The Balaban J connectivity index is 1.82. The molecule has 3 rings (SSSR count). The number of hydrogen-bond acceptors (Lipinski definition) is 1. The van der Waals surface area contributed by atoms with E-state index in [1.807, 2.05) is 6.07 Å². The summed E-state index contributed by atoms with van der Waals surface area (Å²) in [6.45, 7) is 0. The summed E-state index contributed by atoms with van der Waals surface area (Å²) in [5, 5.41) is 2.31. The first-order valence-electron chi connectivity index (χ1n) is 7.13. The second kappa shape index (κ2) is 5.97. The fourth-order valence-corrected chi connectivity index (χ4v) is 3.61. The van der Waals surface area contributed by atoms with Gasteiger partial charge < -0.3 is 5.32 Å². The molecule has 1 saturated carbocycles. The first kappa shape index (κ1) is 17.1. The predicted octanol–water partition coefficient (Wildman–Crippen LogP) is 5.23. The third-order valence-electron chi connectivity index (χ3n) is 3.99. The second-order valence-electron chi connectivity index (χ2n) is 5.57. The minimum Gasteiger partial charge on any atom is -0.325 e. The van der Waals surface area contributed by atoms with E-state index in [-0.39, 0.29) is 5.69 Å². The zero-order valence-electron chi connectivity index (χ0n) is 12.1. The number of para-hydroxylation sites is 1. The number of alkyl halides is 5. The molecule has 2 nitrogen and oxygen atoms in total. The number of hydrogen-bond donors (Lipinski definition) is 1. The van der Waals surface area contributed by atoms with E-state index in [9.17, 15) is 18.0 Å². The lowest BCUT2D eigenvalue weighted by molar-refractivity contribution is -0.137. The van der Waals surface area contributed by atoms with Gasteiger partial charge in [0.05, 0.1) is 17.2 Å². The molecule has 0 aromatic heterocycles. The Labute approximate surface area is 146 Å². The molecule has 1 amide bonds. The Morgan fingerprint density at radius 2 is 1.58 bits per heavy atom. The van der Waals surface area contributed by atoms with Crippen LogP contribution in [0.25, 0.3) is 0 Å². The molecule has 0 heterocycles. The summed E-state index contributed by atoms with van der Waals surface area (Å²) < 4.78 is 37.7. The first-order chi connectivity index (χ1) is 11.2. The minimum absolute atomic E-state index is 0.308. The molecular formula is C17H12Cl2F3NO. The van der Waals surface area contributed by atoms with Crippen molar-refractivity contribution in [2.24, 2.45) is 5.92 Å². The molecule has 1 aliphatic rings. The van der Waals surface area contributed by atoms with Crippen LogP contribution in [-0.2, 0) is 11.0 Å². The number of nitrogens with one attached hydrogen (secondary N) is 1. The topological polar surface area (TPSA) is 29.1 Å². The molecule has 2 aromatic rings. The van der Waals surface area contributed by atoms with Crippen LogP contribution in [0.5, 0.6) is 0 Å². The van der Waals surface area contributed by atoms with Gasteiger partial charge in [-0.2, -0.15) is 13.2 Å². The van der Waals surface area contributed by atoms with Crippen LogP contribution in [0.3, 0.4) is 0 Å². The average Bonchev–Trinajstić information content (AvgIpc) is 3.10. The lowest BCUT2D eigenvalue weighted by atomic mass is 10.1. The Hall–Kier alpha value is -1.72. The van der Waals surface area contributed by atoms with Crippen LogP contribution in [0.2, 0.25) is 0 Å². The van der Waals surface area contributed by atoms with Crippen molar-refractivity contribution in [3.8, 4) is 0 Å². The second-order valence-corrected chi connectivity index (χ2v) is 7.02. The van der Waals surface area contributed by atoms with Crippen molar-refractivity contribution in [3.05, 3.63) is 65.7 Å². The Kier molecular flexibility index (Phi) is 4.26. The number of halogens is 5. The Bertz CT molecular complexity index is 762. The lowest BCUT2D eigenvalue weighted by Crippen LogP contribution is -2.20. The van der Waals surface area contributed by atoms with Crippen molar-refractivity contribution < 1.29 is 18.0 Å². The molecule has 1 N–H and O–H groups in total. The fourth-order valence-electron chi connectivity index (χ4n) is 2.78. The largest absolute Gasteiger partial charge is 0.418 e. The molecule has 0 spiro atoms. The van der Waals surface area contributed by atoms with Crippen LogP contribution >= 0.6 is 23.2 Å². The van der Waals surface area contributed by atoms with E-state index in [4.69, 9.17) is 23.2 Å². The van der Waals surface area contributed by atoms with Crippen LogP contribution in [-0.4, -0.2) is 10.2 Å². The molecule has 7 heteroatoms. The molecular weight excluding hydrogens is 362 g/mol. The van der Waals surface area contributed by atoms with Crippen LogP contribution in [0.15, 0.2) is 54.6 Å². The summed E-state index contributed by atoms with van der Waals surface area (Å²) in [6, 6.07) is 13.7. The van der Waals surface area contributed by atoms with Gasteiger partial charge in [0, 0.05) is 5.92 Å². The summed E-state index contributed by atoms with van der Waals surface area (Å²) in [7, 11) is 0. The van der Waals surface area contributed by atoms with Gasteiger partial charge in [0.2, 0.25) is 5.91 Å². The van der Waals surface area contributed by atoms with E-state index >= 15 is 0 Å². The van der Waals surface area contributed by atoms with Crippen LogP contribution < -0.4 is 5.32 Å². The zero-order chi connectivity index (χ0) is 17.5. The van der Waals surface area contributed by atoms with Gasteiger partial charge in [0.15, 0.2) is 0 Å². The molecule has 2 unspecified atom stereocenters. The number of rotatable bonds is 3. The van der Waals surface area contributed by atoms with E-state index < -0.39 is 33.8 Å². The standard InChI is InChI=1S/C17H12Cl2F3NO/c18-16(19)13(10-6-2-1-3-7-10)14(16)15(24)23-12-9-5-4-8-11(12)17(20,21)22/h1-9,13-14H,(H,23,24). The summed E-state index contributed by atoms with van der Waals surface area (Å²) in [5.41, 5.74) is -0.449. The molecule has 0 aliphatic heterocycles. The van der Waals surface area contributed by atoms with Crippen molar-refractivity contribution in [1.82, 2.24) is 0 Å². The molecule has 0 bridgehead atoms. The van der Waals surface area contributed by atoms with Gasteiger partial charge in [-0.25, -0.2) is 0 Å². The Morgan fingerprint density at radius 1 is 1.00 bits per heavy atom. The van der Waals surface area contributed by atoms with Crippen molar-refractivity contribution >= 4 is 34.8 Å². The maximum absolute atomic E-state index is 13.0. The highest BCUT2D eigenvalue weighted by molar-refractivity contribution is 6.53. The van der Waals surface area contributed by atoms with Crippen molar-refractivity contribution in [2.45, 2.75) is 16.4 Å². The first-order valence-corrected chi connectivity index (χ1v) is 7.88. The number of carbonyl (C=O) groups is 1.